The maximum Gasteiger partial charge on any atom is 0.337 e. The third-order valence-electron chi connectivity index (χ3n) is 2.28. The maximum absolute atomic E-state index is 10.9. The number of rotatable bonds is 3. The number of halogens is 1. The first-order chi connectivity index (χ1) is 8.56. The monoisotopic (exact) mass is 263 g/mol. The molecule has 1 heterocycles. The highest BCUT2D eigenvalue weighted by Crippen LogP contribution is 2.25. The van der Waals surface area contributed by atoms with Gasteiger partial charge in [-0.1, -0.05) is 11.6 Å². The van der Waals surface area contributed by atoms with Gasteiger partial charge in [0.2, 0.25) is 5.88 Å². The predicted octanol–water partition coefficient (Wildman–Crippen LogP) is 3.53. The summed E-state index contributed by atoms with van der Waals surface area (Å²) >= 11 is 5.77. The molecule has 18 heavy (non-hydrogen) atoms. The molecule has 0 amide bonds. The Bertz CT molecular complexity index is 599. The molecule has 2 rings (SSSR count). The Morgan fingerprint density at radius 3 is 2.78 bits per heavy atom. The zero-order chi connectivity index (χ0) is 13.1. The largest absolute Gasteiger partial charge is 0.478 e. The van der Waals surface area contributed by atoms with Crippen LogP contribution < -0.4 is 4.74 Å². The normalized spacial score (nSPS) is 10.1. The van der Waals surface area contributed by atoms with E-state index in [0.717, 1.165) is 5.56 Å². The molecule has 0 fully saturated rings. The van der Waals surface area contributed by atoms with E-state index in [2.05, 4.69) is 4.98 Å². The highest BCUT2D eigenvalue weighted by Gasteiger charge is 2.10. The van der Waals surface area contributed by atoms with Crippen LogP contribution in [0.2, 0.25) is 5.02 Å². The Morgan fingerprint density at radius 1 is 1.33 bits per heavy atom. The minimum absolute atomic E-state index is 0.00168. The number of ether oxygens (including phenoxy) is 1. The van der Waals surface area contributed by atoms with Crippen LogP contribution in [0.15, 0.2) is 36.5 Å². The van der Waals surface area contributed by atoms with Gasteiger partial charge in [-0.2, -0.15) is 0 Å². The zero-order valence-electron chi connectivity index (χ0n) is 9.55. The smallest absolute Gasteiger partial charge is 0.337 e. The van der Waals surface area contributed by atoms with E-state index in [1.54, 1.807) is 18.3 Å². The number of hydrogen-bond donors (Lipinski definition) is 1. The van der Waals surface area contributed by atoms with Crippen LogP contribution in [0.5, 0.6) is 11.6 Å². The molecule has 0 aliphatic rings. The zero-order valence-corrected chi connectivity index (χ0v) is 10.3. The molecule has 0 saturated heterocycles. The van der Waals surface area contributed by atoms with Gasteiger partial charge >= 0.3 is 5.97 Å². The van der Waals surface area contributed by atoms with Gasteiger partial charge in [0.1, 0.15) is 5.75 Å². The molecule has 92 valence electrons. The summed E-state index contributed by atoms with van der Waals surface area (Å²) in [7, 11) is 0. The first-order valence-corrected chi connectivity index (χ1v) is 5.57. The lowest BCUT2D eigenvalue weighted by atomic mass is 10.2. The van der Waals surface area contributed by atoms with Crippen molar-refractivity contribution in [1.29, 1.82) is 0 Å². The van der Waals surface area contributed by atoms with Gasteiger partial charge in [-0.25, -0.2) is 9.78 Å². The Labute approximate surface area is 109 Å². The van der Waals surface area contributed by atoms with Crippen molar-refractivity contribution in [3.05, 3.63) is 52.7 Å². The molecule has 0 bridgehead atoms. The summed E-state index contributed by atoms with van der Waals surface area (Å²) in [4.78, 5) is 15.0. The number of hydrogen-bond acceptors (Lipinski definition) is 3. The number of aromatic carboxylic acids is 1. The lowest BCUT2D eigenvalue weighted by Gasteiger charge is -2.06. The van der Waals surface area contributed by atoms with Crippen LogP contribution in [0, 0.1) is 6.92 Å². The Balaban J connectivity index is 2.30. The summed E-state index contributed by atoms with van der Waals surface area (Å²) in [6, 6.07) is 8.05. The van der Waals surface area contributed by atoms with E-state index in [9.17, 15) is 4.79 Å². The van der Waals surface area contributed by atoms with Gasteiger partial charge in [0.25, 0.3) is 0 Å². The fourth-order valence-electron chi connectivity index (χ4n) is 1.42. The van der Waals surface area contributed by atoms with E-state index in [-0.39, 0.29) is 10.6 Å². The molecule has 0 unspecified atom stereocenters. The van der Waals surface area contributed by atoms with Crippen molar-refractivity contribution in [1.82, 2.24) is 4.98 Å². The Morgan fingerprint density at radius 2 is 2.11 bits per heavy atom. The van der Waals surface area contributed by atoms with Crippen molar-refractivity contribution in [3.8, 4) is 11.6 Å². The molecule has 5 heteroatoms. The second kappa shape index (κ2) is 5.06. The number of carboxylic acid groups (broad SMARTS) is 1. The SMILES string of the molecule is Cc1ccnc(Oc2ccc(Cl)c(C(=O)O)c2)c1. The van der Waals surface area contributed by atoms with E-state index in [1.807, 2.05) is 13.0 Å². The average Bonchev–Trinajstić information content (AvgIpc) is 2.31. The van der Waals surface area contributed by atoms with Gasteiger partial charge in [0, 0.05) is 12.3 Å². The number of aryl methyl sites for hydroxylation is 1. The number of benzene rings is 1. The minimum atomic E-state index is -1.09. The molecule has 1 aromatic heterocycles. The van der Waals surface area contributed by atoms with E-state index in [1.165, 1.54) is 12.1 Å². The summed E-state index contributed by atoms with van der Waals surface area (Å²) in [5.74, 6) is -0.300. The molecule has 0 saturated carbocycles. The minimum Gasteiger partial charge on any atom is -0.478 e. The lowest BCUT2D eigenvalue weighted by molar-refractivity contribution is 0.0696. The fraction of sp³-hybridized carbons (Fsp3) is 0.0769. The van der Waals surface area contributed by atoms with E-state index in [4.69, 9.17) is 21.4 Å². The standard InChI is InChI=1S/C13H10ClNO3/c1-8-4-5-15-12(6-8)18-9-2-3-11(14)10(7-9)13(16)17/h2-7H,1H3,(H,16,17). The average molecular weight is 264 g/mol. The molecule has 0 aliphatic carbocycles. The maximum atomic E-state index is 10.9. The topological polar surface area (TPSA) is 59.4 Å². The van der Waals surface area contributed by atoms with Gasteiger partial charge in [-0.05, 0) is 36.8 Å². The van der Waals surface area contributed by atoms with Gasteiger partial charge < -0.3 is 9.84 Å². The lowest BCUT2D eigenvalue weighted by Crippen LogP contribution is -1.98. The molecule has 1 aromatic carbocycles. The molecule has 0 spiro atoms. The van der Waals surface area contributed by atoms with Gasteiger partial charge in [0.15, 0.2) is 0 Å². The van der Waals surface area contributed by atoms with Crippen molar-refractivity contribution in [2.45, 2.75) is 6.92 Å². The second-order valence-electron chi connectivity index (χ2n) is 3.72. The van der Waals surface area contributed by atoms with Gasteiger partial charge in [-0.15, -0.1) is 0 Å². The Kier molecular flexibility index (Phi) is 3.48. The van der Waals surface area contributed by atoms with Crippen LogP contribution in [-0.4, -0.2) is 16.1 Å². The van der Waals surface area contributed by atoms with Crippen molar-refractivity contribution < 1.29 is 14.6 Å². The number of carboxylic acids is 1. The predicted molar refractivity (Wildman–Crippen MR) is 67.5 cm³/mol. The highest BCUT2D eigenvalue weighted by atomic mass is 35.5. The first-order valence-electron chi connectivity index (χ1n) is 5.19. The molecular weight excluding hydrogens is 254 g/mol. The van der Waals surface area contributed by atoms with Crippen LogP contribution in [0.3, 0.4) is 0 Å². The first kappa shape index (κ1) is 12.4. The van der Waals surface area contributed by atoms with Crippen LogP contribution in [0.25, 0.3) is 0 Å². The van der Waals surface area contributed by atoms with Crippen LogP contribution in [0.4, 0.5) is 0 Å². The van der Waals surface area contributed by atoms with E-state index < -0.39 is 5.97 Å². The van der Waals surface area contributed by atoms with E-state index >= 15 is 0 Å². The summed E-state index contributed by atoms with van der Waals surface area (Å²) in [5, 5.41) is 9.12. The van der Waals surface area contributed by atoms with Crippen molar-refractivity contribution in [2.75, 3.05) is 0 Å². The number of carbonyl (C=O) groups is 1. The van der Waals surface area contributed by atoms with Crippen LogP contribution >= 0.6 is 11.6 Å². The molecule has 4 nitrogen and oxygen atoms in total. The highest BCUT2D eigenvalue weighted by molar-refractivity contribution is 6.33. The van der Waals surface area contributed by atoms with E-state index in [0.29, 0.717) is 11.6 Å². The molecule has 0 radical (unpaired) electrons. The molecule has 0 atom stereocenters. The molecule has 2 aromatic rings. The summed E-state index contributed by atoms with van der Waals surface area (Å²) in [6.07, 6.45) is 1.62. The quantitative estimate of drug-likeness (QED) is 0.920. The third-order valence-corrected chi connectivity index (χ3v) is 2.61. The van der Waals surface area contributed by atoms with Gasteiger partial charge in [0.05, 0.1) is 10.6 Å². The van der Waals surface area contributed by atoms with Crippen LogP contribution in [-0.2, 0) is 0 Å². The number of pyridine rings is 1. The van der Waals surface area contributed by atoms with Crippen LogP contribution in [0.1, 0.15) is 15.9 Å². The van der Waals surface area contributed by atoms with Crippen molar-refractivity contribution >= 4 is 17.6 Å². The second-order valence-corrected chi connectivity index (χ2v) is 4.13. The fourth-order valence-corrected chi connectivity index (χ4v) is 1.62. The number of aromatic nitrogens is 1. The van der Waals surface area contributed by atoms with Crippen molar-refractivity contribution in [2.24, 2.45) is 0 Å². The van der Waals surface area contributed by atoms with Gasteiger partial charge in [-0.3, -0.25) is 0 Å². The number of nitrogens with zero attached hydrogens (tertiary/aromatic N) is 1. The Hall–Kier alpha value is -2.07. The van der Waals surface area contributed by atoms with Crippen molar-refractivity contribution in [3.63, 3.8) is 0 Å². The molecule has 1 N–H and O–H groups in total. The summed E-state index contributed by atoms with van der Waals surface area (Å²) < 4.78 is 5.47. The molecule has 0 aliphatic heterocycles. The summed E-state index contributed by atoms with van der Waals surface area (Å²) in [6.45, 7) is 1.92. The summed E-state index contributed by atoms with van der Waals surface area (Å²) in [5.41, 5.74) is 1.01. The molecular formula is C13H10ClNO3. The third kappa shape index (κ3) is 2.78.